The van der Waals surface area contributed by atoms with Gasteiger partial charge in [0, 0.05) is 24.8 Å². The van der Waals surface area contributed by atoms with Crippen LogP contribution in [-0.4, -0.2) is 130 Å². The first kappa shape index (κ1) is 87.4. The Bertz CT molecular complexity index is 1660. The molecule has 4 N–H and O–H groups in total. The van der Waals surface area contributed by atoms with Gasteiger partial charge in [0.25, 0.3) is 0 Å². The van der Waals surface area contributed by atoms with E-state index >= 15 is 0 Å². The molecule has 0 heterocycles. The maximum absolute atomic E-state index is 12.5. The molecule has 0 rings (SSSR count). The number of aliphatic carboxylic acids is 2. The molecule has 0 aromatic carbocycles. The average Bonchev–Trinajstić information content (AvgIpc) is 3.40. The zero-order valence-electron chi connectivity index (χ0n) is 53.6. The molecule has 0 radical (unpaired) electrons. The molecule has 0 saturated heterocycles. The summed E-state index contributed by atoms with van der Waals surface area (Å²) in [5, 5.41) is 22.3. The number of carbonyl (C=O) groups is 2. The van der Waals surface area contributed by atoms with Crippen LogP contribution in [0.4, 0.5) is 0 Å². The Labute approximate surface area is 552 Å². The molecule has 83 heavy (non-hydrogen) atoms. The summed E-state index contributed by atoms with van der Waals surface area (Å²) in [4.78, 5) is 22.3. The zero-order chi connectivity index (χ0) is 61.3. The second-order valence-electron chi connectivity index (χ2n) is 23.6. The van der Waals surface area contributed by atoms with Gasteiger partial charge in [0.1, 0.15) is 0 Å². The van der Waals surface area contributed by atoms with Crippen LogP contribution in [0.2, 0.25) is 0 Å². The number of nitrogens with one attached hydrogen (secondary N) is 4. The number of carboxylic acid groups (broad SMARTS) is 2. The minimum absolute atomic E-state index is 0. The molecule has 0 spiro atoms. The fourth-order valence-corrected chi connectivity index (χ4v) is 15.4. The average molecular weight is 1390 g/mol. The van der Waals surface area contributed by atoms with E-state index in [0.717, 1.165) is 103 Å². The largest absolute Gasteiger partial charge is 2.00 e. The first-order chi connectivity index (χ1) is 39.2. The van der Waals surface area contributed by atoms with Crippen molar-refractivity contribution >= 4 is 101 Å². The number of hydrogen-bond donors (Lipinski definition) is 4. The molecule has 0 aliphatic heterocycles. The molecule has 0 unspecified atom stereocenters. The molecule has 0 aromatic rings. The van der Waals surface area contributed by atoms with Crippen LogP contribution in [0.1, 0.15) is 349 Å². The Balaban J connectivity index is -0.00000152. The Morgan fingerprint density at radius 3 is 0.494 bits per heavy atom. The summed E-state index contributed by atoms with van der Waals surface area (Å²) in [5.74, 6) is -3.67. The fourth-order valence-electron chi connectivity index (χ4n) is 10.2. The summed E-state index contributed by atoms with van der Waals surface area (Å²) in [6.07, 6.45) is 49.2. The van der Waals surface area contributed by atoms with Crippen molar-refractivity contribution in [3.05, 3.63) is 0 Å². The minimum Gasteiger partial charge on any atom is -0.550 e. The first-order valence-electron chi connectivity index (χ1n) is 33.6. The van der Waals surface area contributed by atoms with Crippen molar-refractivity contribution in [1.82, 2.24) is 18.9 Å². The third kappa shape index (κ3) is 67.9. The van der Waals surface area contributed by atoms with Crippen molar-refractivity contribution in [2.45, 2.75) is 361 Å². The Kier molecular flexibility index (Phi) is 64.2. The summed E-state index contributed by atoms with van der Waals surface area (Å²) < 4.78 is 109. The molecule has 492 valence electrons. The Morgan fingerprint density at radius 2 is 0.373 bits per heavy atom. The molecule has 0 fully saturated rings. The topological polar surface area (TPSA) is 265 Å². The van der Waals surface area contributed by atoms with Crippen molar-refractivity contribution in [1.29, 1.82) is 0 Å². The van der Waals surface area contributed by atoms with Crippen molar-refractivity contribution in [3.63, 3.8) is 0 Å². The van der Waals surface area contributed by atoms with Crippen molar-refractivity contribution < 1.29 is 53.5 Å². The van der Waals surface area contributed by atoms with Gasteiger partial charge in [-0.15, -0.1) is 0 Å². The van der Waals surface area contributed by atoms with E-state index < -0.39 is 77.2 Å². The zero-order valence-corrected chi connectivity index (χ0v) is 61.3. The van der Waals surface area contributed by atoms with Gasteiger partial charge in [-0.2, -0.15) is 18.9 Å². The third-order valence-electron chi connectivity index (χ3n) is 15.1. The van der Waals surface area contributed by atoms with Gasteiger partial charge < -0.3 is 19.8 Å². The normalized spacial score (nSPS) is 12.2. The van der Waals surface area contributed by atoms with Gasteiger partial charge in [-0.3, -0.25) is 0 Å². The second kappa shape index (κ2) is 61.0. The number of rotatable bonds is 64. The van der Waals surface area contributed by atoms with Crippen LogP contribution in [0.3, 0.4) is 0 Å². The molecule has 0 bridgehead atoms. The fraction of sp³-hybridized carbons (Fsp3) is 0.968. The van der Waals surface area contributed by atoms with Crippen LogP contribution in [0.5, 0.6) is 0 Å². The summed E-state index contributed by atoms with van der Waals surface area (Å²) in [7, 11) is -15.3. The van der Waals surface area contributed by atoms with E-state index in [1.165, 1.54) is 180 Å². The monoisotopic (exact) mass is 1380 g/mol. The first-order valence-corrected chi connectivity index (χ1v) is 40.2. The van der Waals surface area contributed by atoms with Crippen molar-refractivity contribution in [2.24, 2.45) is 0 Å². The van der Waals surface area contributed by atoms with Crippen LogP contribution in [0.15, 0.2) is 0 Å². The van der Waals surface area contributed by atoms with Gasteiger partial charge in [0.2, 0.25) is 40.1 Å². The van der Waals surface area contributed by atoms with Gasteiger partial charge in [-0.05, 0) is 25.7 Å². The standard InChI is InChI=1S/2C31H64N2O6S2.Ba/c2*1-3-5-7-9-11-13-15-17-19-21-23-25-27-40(36,37)32-30(29-31(34)35)33-41(38,39)28-26-24-22-20-18-16-14-12-10-8-6-4-2;/h2*30,32-33H,3-29H2,1-2H3,(H,34,35);/q;;+2/p-2. The predicted octanol–water partition coefficient (Wildman–Crippen LogP) is 13.0. The Hall–Kier alpha value is 0.151. The van der Waals surface area contributed by atoms with E-state index in [0.29, 0.717) is 25.7 Å². The quantitative estimate of drug-likeness (QED) is 0.0252. The van der Waals surface area contributed by atoms with E-state index in [1.54, 1.807) is 0 Å². The molecule has 0 aromatic heterocycles. The van der Waals surface area contributed by atoms with E-state index in [2.05, 4.69) is 46.6 Å². The SMILES string of the molecule is CCCCCCCCCCCCCCS(=O)(=O)NC(CC(=O)[O-])NS(=O)(=O)CCCCCCCCCCCCCC.CCCCCCCCCCCCCCS(=O)(=O)NC(CC(=O)[O-])NS(=O)(=O)CCCCCCCCCCCCCC.[Ba+2]. The van der Waals surface area contributed by atoms with Crippen molar-refractivity contribution in [3.8, 4) is 0 Å². The van der Waals surface area contributed by atoms with Crippen LogP contribution in [0, 0.1) is 0 Å². The van der Waals surface area contributed by atoms with Gasteiger partial charge in [0.05, 0.1) is 35.3 Å². The predicted molar refractivity (Wildman–Crippen MR) is 345 cm³/mol. The molecule has 0 saturated carbocycles. The number of carboxylic acids is 2. The Morgan fingerprint density at radius 1 is 0.253 bits per heavy atom. The number of hydrogen-bond acceptors (Lipinski definition) is 12. The summed E-state index contributed by atoms with van der Waals surface area (Å²) in [5.41, 5.74) is 0. The van der Waals surface area contributed by atoms with E-state index in [9.17, 15) is 53.5 Å². The molecule has 0 amide bonds. The summed E-state index contributed by atoms with van der Waals surface area (Å²) >= 11 is 0. The van der Waals surface area contributed by atoms with Crippen LogP contribution in [0.25, 0.3) is 0 Å². The second-order valence-corrected chi connectivity index (χ2v) is 31.1. The maximum atomic E-state index is 12.5. The maximum Gasteiger partial charge on any atom is 2.00 e. The van der Waals surface area contributed by atoms with Gasteiger partial charge in [0.15, 0.2) is 0 Å². The van der Waals surface area contributed by atoms with Gasteiger partial charge in [-0.1, -0.05) is 310 Å². The number of sulfonamides is 4. The van der Waals surface area contributed by atoms with E-state index in [-0.39, 0.29) is 71.9 Å². The van der Waals surface area contributed by atoms with Gasteiger partial charge >= 0.3 is 48.9 Å². The summed E-state index contributed by atoms with van der Waals surface area (Å²) in [6, 6.07) is 0. The molecular weight excluding hydrogens is 1260 g/mol. The molecule has 0 aliphatic carbocycles. The summed E-state index contributed by atoms with van der Waals surface area (Å²) in [6.45, 7) is 8.87. The van der Waals surface area contributed by atoms with Crippen LogP contribution >= 0.6 is 0 Å². The molecular formula is C62H126BaN4O12S4. The van der Waals surface area contributed by atoms with Crippen molar-refractivity contribution in [2.75, 3.05) is 23.0 Å². The number of carbonyl (C=O) groups excluding carboxylic acids is 2. The number of unbranched alkanes of at least 4 members (excludes halogenated alkanes) is 44. The smallest absolute Gasteiger partial charge is 0.550 e. The molecule has 0 atom stereocenters. The minimum atomic E-state index is -3.83. The van der Waals surface area contributed by atoms with Gasteiger partial charge in [-0.25, -0.2) is 33.7 Å². The van der Waals surface area contributed by atoms with Crippen LogP contribution < -0.4 is 29.1 Å². The van der Waals surface area contributed by atoms with Crippen LogP contribution in [-0.2, 0) is 49.7 Å². The molecule has 16 nitrogen and oxygen atoms in total. The van der Waals surface area contributed by atoms with E-state index in [4.69, 9.17) is 0 Å². The third-order valence-corrected chi connectivity index (χ3v) is 21.0. The van der Waals surface area contributed by atoms with E-state index in [1.807, 2.05) is 0 Å². The molecule has 0 aliphatic rings. The molecule has 21 heteroatoms.